The number of unbranched alkanes of at least 4 members (excludes halogenated alkanes) is 39. The Labute approximate surface area is 562 Å². The van der Waals surface area contributed by atoms with Gasteiger partial charge in [0.15, 0.2) is 12.2 Å². The Bertz CT molecular complexity index is 1800. The van der Waals surface area contributed by atoms with Crippen LogP contribution in [0.1, 0.15) is 370 Å². The summed E-state index contributed by atoms with van der Waals surface area (Å²) in [7, 11) is -9.90. The van der Waals surface area contributed by atoms with Crippen LogP contribution in [-0.4, -0.2) is 96.7 Å². The largest absolute Gasteiger partial charge is 0.472 e. The molecule has 546 valence electrons. The first-order valence-corrected chi connectivity index (χ1v) is 40.8. The van der Waals surface area contributed by atoms with Gasteiger partial charge in [0, 0.05) is 25.7 Å². The highest BCUT2D eigenvalue weighted by atomic mass is 31.2. The molecule has 0 aromatic rings. The van der Waals surface area contributed by atoms with Gasteiger partial charge in [-0.3, -0.25) is 37.3 Å². The van der Waals surface area contributed by atoms with Crippen LogP contribution in [0.3, 0.4) is 0 Å². The van der Waals surface area contributed by atoms with Crippen molar-refractivity contribution in [1.29, 1.82) is 0 Å². The van der Waals surface area contributed by atoms with Crippen molar-refractivity contribution in [3.05, 3.63) is 0 Å². The van der Waals surface area contributed by atoms with E-state index in [-0.39, 0.29) is 25.7 Å². The van der Waals surface area contributed by atoms with Crippen LogP contribution in [0.4, 0.5) is 0 Å². The van der Waals surface area contributed by atoms with E-state index in [1.54, 1.807) is 0 Å². The molecule has 0 radical (unpaired) electrons. The molecule has 0 fully saturated rings. The van der Waals surface area contributed by atoms with E-state index in [2.05, 4.69) is 48.5 Å². The average Bonchev–Trinajstić information content (AvgIpc) is 2.21. The Kier molecular flexibility index (Phi) is 62.4. The van der Waals surface area contributed by atoms with Crippen LogP contribution in [0.2, 0.25) is 0 Å². The molecule has 0 aromatic heterocycles. The highest BCUT2D eigenvalue weighted by molar-refractivity contribution is 7.47. The summed E-state index contributed by atoms with van der Waals surface area (Å²) in [5, 5.41) is 10.6. The second-order valence-electron chi connectivity index (χ2n) is 27.8. The topological polar surface area (TPSA) is 237 Å². The number of aliphatic hydroxyl groups is 1. The van der Waals surface area contributed by atoms with Gasteiger partial charge in [0.2, 0.25) is 0 Å². The van der Waals surface area contributed by atoms with Crippen molar-refractivity contribution < 1.29 is 80.2 Å². The van der Waals surface area contributed by atoms with E-state index >= 15 is 0 Å². The average molecular weight is 1350 g/mol. The lowest BCUT2D eigenvalue weighted by Gasteiger charge is -2.21. The minimum Gasteiger partial charge on any atom is -0.462 e. The van der Waals surface area contributed by atoms with Gasteiger partial charge in [-0.2, -0.15) is 0 Å². The summed E-state index contributed by atoms with van der Waals surface area (Å²) in [5.74, 6) is 0.169. The summed E-state index contributed by atoms with van der Waals surface area (Å²) in [6.07, 6.45) is 48.9. The highest BCUT2D eigenvalue weighted by Crippen LogP contribution is 2.45. The van der Waals surface area contributed by atoms with E-state index in [4.69, 9.17) is 37.0 Å². The molecule has 0 aliphatic heterocycles. The van der Waals surface area contributed by atoms with E-state index in [0.717, 1.165) is 120 Å². The minimum absolute atomic E-state index is 0.104. The summed E-state index contributed by atoms with van der Waals surface area (Å²) in [6.45, 7) is 11.8. The van der Waals surface area contributed by atoms with Crippen LogP contribution in [0.25, 0.3) is 0 Å². The van der Waals surface area contributed by atoms with Crippen LogP contribution in [0.15, 0.2) is 0 Å². The maximum atomic E-state index is 13.1. The van der Waals surface area contributed by atoms with Gasteiger partial charge in [0.25, 0.3) is 0 Å². The van der Waals surface area contributed by atoms with Crippen molar-refractivity contribution in [2.45, 2.75) is 388 Å². The predicted octanol–water partition coefficient (Wildman–Crippen LogP) is 21.0. The molecule has 0 aliphatic rings. The molecule has 2 unspecified atom stereocenters. The van der Waals surface area contributed by atoms with E-state index in [1.165, 1.54) is 167 Å². The predicted molar refractivity (Wildman–Crippen MR) is 372 cm³/mol. The Morgan fingerprint density at radius 2 is 0.500 bits per heavy atom. The summed E-state index contributed by atoms with van der Waals surface area (Å²) in [4.78, 5) is 72.5. The van der Waals surface area contributed by atoms with E-state index in [9.17, 15) is 43.2 Å². The normalized spacial score (nSPS) is 14.1. The number of carbonyl (C=O) groups is 4. The minimum atomic E-state index is -4.95. The molecule has 0 spiro atoms. The Hall–Kier alpha value is -1.94. The number of carbonyl (C=O) groups excluding carboxylic acids is 4. The van der Waals surface area contributed by atoms with Gasteiger partial charge in [-0.25, -0.2) is 9.13 Å². The second kappa shape index (κ2) is 63.8. The fourth-order valence-corrected chi connectivity index (χ4v) is 12.7. The molecule has 0 aromatic carbocycles. The first-order chi connectivity index (χ1) is 44.2. The van der Waals surface area contributed by atoms with Crippen LogP contribution >= 0.6 is 15.6 Å². The molecular weight excluding hydrogens is 1210 g/mol. The molecule has 17 nitrogen and oxygen atoms in total. The third kappa shape index (κ3) is 66.7. The number of ether oxygens (including phenoxy) is 4. The molecule has 0 bridgehead atoms. The van der Waals surface area contributed by atoms with Gasteiger partial charge in [0.05, 0.1) is 26.4 Å². The third-order valence-corrected chi connectivity index (χ3v) is 18.8. The molecule has 5 atom stereocenters. The van der Waals surface area contributed by atoms with Crippen molar-refractivity contribution in [3.63, 3.8) is 0 Å². The van der Waals surface area contributed by atoms with Crippen molar-refractivity contribution in [2.75, 3.05) is 39.6 Å². The molecule has 0 saturated carbocycles. The van der Waals surface area contributed by atoms with Crippen molar-refractivity contribution in [2.24, 2.45) is 17.8 Å². The molecule has 3 N–H and O–H groups in total. The van der Waals surface area contributed by atoms with Crippen LogP contribution < -0.4 is 0 Å². The van der Waals surface area contributed by atoms with Gasteiger partial charge in [-0.15, -0.1) is 0 Å². The zero-order valence-corrected chi connectivity index (χ0v) is 61.8. The van der Waals surface area contributed by atoms with Crippen LogP contribution in [0, 0.1) is 17.8 Å². The fraction of sp³-hybridized carbons (Fsp3) is 0.945. The van der Waals surface area contributed by atoms with Gasteiger partial charge >= 0.3 is 39.5 Å². The lowest BCUT2D eigenvalue weighted by atomic mass is 10.0. The summed E-state index contributed by atoms with van der Waals surface area (Å²) < 4.78 is 68.3. The molecule has 19 heteroatoms. The fourth-order valence-electron chi connectivity index (χ4n) is 11.1. The first-order valence-electron chi connectivity index (χ1n) is 37.8. The van der Waals surface area contributed by atoms with Crippen molar-refractivity contribution in [1.82, 2.24) is 0 Å². The summed E-state index contributed by atoms with van der Waals surface area (Å²) in [6, 6.07) is 0. The Morgan fingerprint density at radius 1 is 0.293 bits per heavy atom. The number of rotatable bonds is 71. The smallest absolute Gasteiger partial charge is 0.462 e. The highest BCUT2D eigenvalue weighted by Gasteiger charge is 2.30. The van der Waals surface area contributed by atoms with Gasteiger partial charge < -0.3 is 33.8 Å². The van der Waals surface area contributed by atoms with Crippen molar-refractivity contribution >= 4 is 39.5 Å². The molecule has 0 saturated heterocycles. The maximum absolute atomic E-state index is 13.1. The summed E-state index contributed by atoms with van der Waals surface area (Å²) >= 11 is 0. The number of hydrogen-bond donors (Lipinski definition) is 3. The van der Waals surface area contributed by atoms with E-state index < -0.39 is 97.5 Å². The Morgan fingerprint density at radius 3 is 0.739 bits per heavy atom. The lowest BCUT2D eigenvalue weighted by molar-refractivity contribution is -0.161. The third-order valence-electron chi connectivity index (χ3n) is 16.9. The standard InChI is InChI=1S/C73H142O17P2/c1-8-9-10-11-30-40-47-54-70(75)83-60-68(90-73(78)57-50-43-36-29-28-33-39-46-53-66(6)7)62-87-91(79,80)85-58-67(74)59-86-92(81,82)88-63-69(61-84-71(76)55-48-41-34-26-23-22-25-32-38-45-52-65(4)5)89-72(77)56-49-42-35-27-21-19-17-15-13-12-14-16-18-20-24-31-37-44-51-64(2)3/h64-69,74H,8-63H2,1-7H3,(H,79,80)(H,81,82)/t67-,68+,69+/m0/s1. The lowest BCUT2D eigenvalue weighted by Crippen LogP contribution is -2.30. The molecular formula is C73H142O17P2. The zero-order chi connectivity index (χ0) is 68.0. The molecule has 0 amide bonds. The molecule has 92 heavy (non-hydrogen) atoms. The monoisotopic (exact) mass is 1350 g/mol. The van der Waals surface area contributed by atoms with Crippen molar-refractivity contribution in [3.8, 4) is 0 Å². The maximum Gasteiger partial charge on any atom is 0.472 e. The molecule has 0 heterocycles. The van der Waals surface area contributed by atoms with Gasteiger partial charge in [-0.05, 0) is 43.4 Å². The quantitative estimate of drug-likeness (QED) is 0.0222. The number of hydrogen-bond acceptors (Lipinski definition) is 15. The number of esters is 4. The summed E-state index contributed by atoms with van der Waals surface area (Å²) in [5.41, 5.74) is 0. The second-order valence-corrected chi connectivity index (χ2v) is 30.7. The van der Waals surface area contributed by atoms with Gasteiger partial charge in [-0.1, -0.05) is 318 Å². The van der Waals surface area contributed by atoms with Crippen LogP contribution in [0.5, 0.6) is 0 Å². The first kappa shape index (κ1) is 90.1. The SMILES string of the molecule is CCCCCCCCCC(=O)OC[C@H](COP(=O)(O)OC[C@H](O)COP(=O)(O)OC[C@@H](COC(=O)CCCCCCCCCCCCC(C)C)OC(=O)CCCCCCCCCCCCCCCCCCCCC(C)C)OC(=O)CCCCCCCCCCC(C)C. The molecule has 0 aliphatic carbocycles. The number of phosphoric ester groups is 2. The molecule has 0 rings (SSSR count). The number of aliphatic hydroxyl groups excluding tert-OH is 1. The van der Waals surface area contributed by atoms with Gasteiger partial charge in [0.1, 0.15) is 19.3 Å². The number of phosphoric acid groups is 2. The Balaban J connectivity index is 5.16. The van der Waals surface area contributed by atoms with E-state index in [0.29, 0.717) is 25.7 Å². The zero-order valence-electron chi connectivity index (χ0n) is 60.0. The van der Waals surface area contributed by atoms with E-state index in [1.807, 2.05) is 0 Å². The van der Waals surface area contributed by atoms with Crippen LogP contribution in [-0.2, 0) is 65.4 Å².